The zero-order valence-corrected chi connectivity index (χ0v) is 23.6. The first-order valence-corrected chi connectivity index (χ1v) is 14.3. The van der Waals surface area contributed by atoms with Crippen LogP contribution in [0.3, 0.4) is 0 Å². The molecule has 208 valence electrons. The number of ether oxygens (including phenoxy) is 2. The van der Waals surface area contributed by atoms with Crippen LogP contribution in [-0.4, -0.2) is 41.5 Å². The molecule has 0 spiro atoms. The third-order valence-corrected chi connectivity index (χ3v) is 10.4. The quantitative estimate of drug-likeness (QED) is 0.434. The largest absolute Gasteiger partial charge is 0.448 e. The van der Waals surface area contributed by atoms with Gasteiger partial charge in [-0.05, 0) is 91.9 Å². The van der Waals surface area contributed by atoms with E-state index in [1.807, 2.05) is 24.3 Å². The van der Waals surface area contributed by atoms with Crippen LogP contribution in [0.4, 0.5) is 5.82 Å². The molecule has 2 N–H and O–H groups in total. The molecule has 39 heavy (non-hydrogen) atoms. The number of carbonyl (C=O) groups is 1. The standard InChI is InChI=1S/C32H41N3O4/c1-5-6-9-21-19-30(2)22(18-25(21)35-27-10-7-8-16-34-27)11-12-23-24-13-14-32(38-4,29(37)39-17-15-33)31(24,3)20-26(36)28(23)30/h6-10,16,18,23-24,26,28,36H,5,11-14,17,19-20H2,1-4H3,(H,34,35)/b9-6+. The number of hydrogen-bond acceptors (Lipinski definition) is 7. The van der Waals surface area contributed by atoms with Gasteiger partial charge in [0.15, 0.2) is 12.2 Å². The molecule has 7 heteroatoms. The Kier molecular flexibility index (Phi) is 7.47. The smallest absolute Gasteiger partial charge is 0.340 e. The minimum Gasteiger partial charge on any atom is -0.448 e. The van der Waals surface area contributed by atoms with E-state index in [0.29, 0.717) is 12.8 Å². The van der Waals surface area contributed by atoms with Gasteiger partial charge in [-0.25, -0.2) is 9.78 Å². The van der Waals surface area contributed by atoms with Crippen LogP contribution in [0.1, 0.15) is 65.7 Å². The highest BCUT2D eigenvalue weighted by Gasteiger charge is 2.70. The maximum atomic E-state index is 13.3. The third-order valence-electron chi connectivity index (χ3n) is 10.4. The Morgan fingerprint density at radius 1 is 1.33 bits per heavy atom. The minimum absolute atomic E-state index is 0.0831. The molecule has 7 unspecified atom stereocenters. The fourth-order valence-corrected chi connectivity index (χ4v) is 8.76. The Morgan fingerprint density at radius 3 is 2.85 bits per heavy atom. The predicted octanol–water partition coefficient (Wildman–Crippen LogP) is 5.71. The van der Waals surface area contributed by atoms with Crippen LogP contribution >= 0.6 is 0 Å². The summed E-state index contributed by atoms with van der Waals surface area (Å²) in [4.78, 5) is 17.8. The Bertz CT molecular complexity index is 1230. The summed E-state index contributed by atoms with van der Waals surface area (Å²) in [6.45, 7) is 6.28. The molecular weight excluding hydrogens is 490 g/mol. The number of nitriles is 1. The molecule has 1 aromatic rings. The first-order valence-electron chi connectivity index (χ1n) is 14.3. The molecule has 4 aliphatic carbocycles. The minimum atomic E-state index is -1.14. The van der Waals surface area contributed by atoms with Gasteiger partial charge < -0.3 is 19.9 Å². The van der Waals surface area contributed by atoms with E-state index in [0.717, 1.165) is 43.6 Å². The van der Waals surface area contributed by atoms with E-state index in [1.165, 1.54) is 11.1 Å². The summed E-state index contributed by atoms with van der Waals surface area (Å²) in [7, 11) is 1.57. The number of esters is 1. The Hall–Kier alpha value is -2.95. The number of allylic oxidation sites excluding steroid dienone is 5. The molecule has 0 amide bonds. The topological polar surface area (TPSA) is 104 Å². The average molecular weight is 532 g/mol. The van der Waals surface area contributed by atoms with Crippen LogP contribution in [0.5, 0.6) is 0 Å². The number of aromatic nitrogens is 1. The second-order valence-electron chi connectivity index (χ2n) is 12.2. The van der Waals surface area contributed by atoms with Crippen molar-refractivity contribution in [3.05, 3.63) is 59.5 Å². The monoisotopic (exact) mass is 531 g/mol. The van der Waals surface area contributed by atoms with Crippen molar-refractivity contribution in [2.75, 3.05) is 19.0 Å². The number of aliphatic hydroxyl groups excluding tert-OH is 1. The average Bonchev–Trinajstić information content (AvgIpc) is 3.23. The van der Waals surface area contributed by atoms with Crippen LogP contribution in [-0.2, 0) is 14.3 Å². The van der Waals surface area contributed by atoms with E-state index in [2.05, 4.69) is 49.3 Å². The highest BCUT2D eigenvalue weighted by atomic mass is 16.6. The van der Waals surface area contributed by atoms with Crippen molar-refractivity contribution in [3.8, 4) is 6.07 Å². The summed E-state index contributed by atoms with van der Waals surface area (Å²) in [6.07, 6.45) is 13.5. The van der Waals surface area contributed by atoms with Crippen LogP contribution in [0.15, 0.2) is 59.5 Å². The highest BCUT2D eigenvalue weighted by molar-refractivity contribution is 5.81. The first-order chi connectivity index (χ1) is 18.7. The highest BCUT2D eigenvalue weighted by Crippen LogP contribution is 2.68. The van der Waals surface area contributed by atoms with Crippen LogP contribution in [0, 0.1) is 39.9 Å². The SMILES string of the molecule is CC/C=C/C1=C(Nc2ccccn2)C=C2CCC3C(C(O)CC4(C)C3CCC4(OC)C(=O)OCC#N)C2(C)C1. The van der Waals surface area contributed by atoms with Crippen molar-refractivity contribution in [1.82, 2.24) is 4.98 Å². The molecule has 0 radical (unpaired) electrons. The van der Waals surface area contributed by atoms with Crippen molar-refractivity contribution in [2.24, 2.45) is 28.6 Å². The normalized spacial score (nSPS) is 37.4. The van der Waals surface area contributed by atoms with Gasteiger partial charge in [-0.1, -0.05) is 44.6 Å². The first kappa shape index (κ1) is 27.6. The second kappa shape index (κ2) is 10.6. The molecule has 7 nitrogen and oxygen atoms in total. The molecule has 1 heterocycles. The molecule has 0 bridgehead atoms. The van der Waals surface area contributed by atoms with Gasteiger partial charge in [0.05, 0.1) is 6.10 Å². The van der Waals surface area contributed by atoms with Crippen LogP contribution in [0.2, 0.25) is 0 Å². The summed E-state index contributed by atoms with van der Waals surface area (Å²) in [5.74, 6) is 0.930. The molecule has 5 rings (SSSR count). The van der Waals surface area contributed by atoms with Gasteiger partial charge in [0.25, 0.3) is 0 Å². The summed E-state index contributed by atoms with van der Waals surface area (Å²) in [5, 5.41) is 24.5. The third kappa shape index (κ3) is 4.33. The number of pyridine rings is 1. The number of hydrogen-bond donors (Lipinski definition) is 2. The Labute approximate surface area is 232 Å². The molecule has 3 fully saturated rings. The summed E-state index contributed by atoms with van der Waals surface area (Å²) in [6, 6.07) is 7.78. The zero-order chi connectivity index (χ0) is 27.8. The second-order valence-corrected chi connectivity index (χ2v) is 12.2. The van der Waals surface area contributed by atoms with Crippen LogP contribution in [0.25, 0.3) is 0 Å². The number of aliphatic hydroxyl groups is 1. The number of anilines is 1. The zero-order valence-electron chi connectivity index (χ0n) is 23.6. The number of fused-ring (bicyclic) bond motifs is 5. The maximum absolute atomic E-state index is 13.3. The van der Waals surface area contributed by atoms with Crippen molar-refractivity contribution < 1.29 is 19.4 Å². The van der Waals surface area contributed by atoms with Crippen LogP contribution < -0.4 is 5.32 Å². The molecule has 4 aliphatic rings. The Morgan fingerprint density at radius 2 is 2.15 bits per heavy atom. The van der Waals surface area contributed by atoms with E-state index >= 15 is 0 Å². The van der Waals surface area contributed by atoms with Crippen molar-refractivity contribution >= 4 is 11.8 Å². The maximum Gasteiger partial charge on any atom is 0.340 e. The van der Waals surface area contributed by atoms with E-state index in [4.69, 9.17) is 14.7 Å². The van der Waals surface area contributed by atoms with Gasteiger partial charge in [-0.2, -0.15) is 5.26 Å². The number of nitrogens with one attached hydrogen (secondary N) is 1. The number of methoxy groups -OCH3 is 1. The Balaban J connectivity index is 1.49. The van der Waals surface area contributed by atoms with E-state index in [1.54, 1.807) is 13.3 Å². The fraction of sp³-hybridized carbons (Fsp3) is 0.594. The lowest BCUT2D eigenvalue weighted by molar-refractivity contribution is -0.204. The number of nitrogens with zero attached hydrogens (tertiary/aromatic N) is 2. The lowest BCUT2D eigenvalue weighted by Crippen LogP contribution is -2.62. The molecule has 0 aromatic carbocycles. The summed E-state index contributed by atoms with van der Waals surface area (Å²) < 4.78 is 11.3. The summed E-state index contributed by atoms with van der Waals surface area (Å²) in [5.41, 5.74) is 1.80. The lowest BCUT2D eigenvalue weighted by Gasteiger charge is -2.60. The van der Waals surface area contributed by atoms with Gasteiger partial charge in [-0.15, -0.1) is 0 Å². The predicted molar refractivity (Wildman–Crippen MR) is 149 cm³/mol. The molecule has 7 atom stereocenters. The number of carbonyl (C=O) groups excluding carboxylic acids is 1. The van der Waals surface area contributed by atoms with Crippen molar-refractivity contribution in [1.29, 1.82) is 5.26 Å². The van der Waals surface area contributed by atoms with Gasteiger partial charge in [0.2, 0.25) is 0 Å². The van der Waals surface area contributed by atoms with Crippen molar-refractivity contribution in [2.45, 2.75) is 77.4 Å². The van der Waals surface area contributed by atoms with Gasteiger partial charge in [0, 0.05) is 24.4 Å². The summed E-state index contributed by atoms with van der Waals surface area (Å²) >= 11 is 0. The van der Waals surface area contributed by atoms with Gasteiger partial charge >= 0.3 is 5.97 Å². The lowest BCUT2D eigenvalue weighted by atomic mass is 9.45. The van der Waals surface area contributed by atoms with Crippen molar-refractivity contribution in [3.63, 3.8) is 0 Å². The van der Waals surface area contributed by atoms with E-state index < -0.39 is 23.1 Å². The van der Waals surface area contributed by atoms with Gasteiger partial charge in [0.1, 0.15) is 11.9 Å². The van der Waals surface area contributed by atoms with E-state index in [9.17, 15) is 9.90 Å². The molecule has 0 aliphatic heterocycles. The molecule has 3 saturated carbocycles. The van der Waals surface area contributed by atoms with E-state index in [-0.39, 0.29) is 29.8 Å². The van der Waals surface area contributed by atoms with Gasteiger partial charge in [-0.3, -0.25) is 0 Å². The fourth-order valence-electron chi connectivity index (χ4n) is 8.76. The molecule has 0 saturated heterocycles. The number of rotatable bonds is 7. The molecular formula is C32H41N3O4. The molecule has 1 aromatic heterocycles.